The second-order valence-corrected chi connectivity index (χ2v) is 11.7. The standard InChI is InChI=1S/C26H32ClF3N6O3/c1-25(2,3)39-24(37)36-11-6-4-5-10-35(36)22-17-13-31-20(27)18(28)19(17)32-23(33-22)38-15-26-8-7-9-34(26)14-16(12-26)21(29)30/h13H,4-12,14-15H2,1-3H3. The van der Waals surface area contributed by atoms with Crippen molar-refractivity contribution in [2.45, 2.75) is 70.4 Å². The molecule has 3 aliphatic rings. The first-order valence-electron chi connectivity index (χ1n) is 13.2. The summed E-state index contributed by atoms with van der Waals surface area (Å²) in [6.07, 6.45) is 3.29. The average Bonchev–Trinajstić information content (AvgIpc) is 3.31. The summed E-state index contributed by atoms with van der Waals surface area (Å²) in [7, 11) is 0. The SMILES string of the molecule is CC(C)(C)OC(=O)N1CCCCCN1c1nc(OCC23CCCN2CC(=C(F)F)C3)nc2c(F)c(Cl)ncc12. The Labute approximate surface area is 229 Å². The van der Waals surface area contributed by atoms with Crippen LogP contribution >= 0.6 is 11.6 Å². The van der Waals surface area contributed by atoms with E-state index in [9.17, 15) is 13.6 Å². The number of halogens is 4. The van der Waals surface area contributed by atoms with Gasteiger partial charge >= 0.3 is 12.1 Å². The fourth-order valence-corrected chi connectivity index (χ4v) is 5.73. The summed E-state index contributed by atoms with van der Waals surface area (Å²) < 4.78 is 53.7. The number of amides is 1. The maximum absolute atomic E-state index is 15.2. The minimum Gasteiger partial charge on any atom is -0.461 e. The summed E-state index contributed by atoms with van der Waals surface area (Å²) in [5, 5.41) is 3.02. The van der Waals surface area contributed by atoms with E-state index >= 15 is 4.39 Å². The van der Waals surface area contributed by atoms with Gasteiger partial charge in [0, 0.05) is 31.4 Å². The van der Waals surface area contributed by atoms with E-state index in [-0.39, 0.29) is 53.0 Å². The number of hydrogen-bond donors (Lipinski definition) is 0. The number of nitrogens with zero attached hydrogens (tertiary/aromatic N) is 6. The van der Waals surface area contributed by atoms with Gasteiger partial charge in [-0.05, 0) is 65.8 Å². The lowest BCUT2D eigenvalue weighted by Crippen LogP contribution is -2.49. The van der Waals surface area contributed by atoms with Crippen LogP contribution in [0.5, 0.6) is 6.01 Å². The van der Waals surface area contributed by atoms with E-state index in [0.29, 0.717) is 26.1 Å². The van der Waals surface area contributed by atoms with Crippen LogP contribution in [0.3, 0.4) is 0 Å². The van der Waals surface area contributed by atoms with Gasteiger partial charge in [0.25, 0.3) is 6.08 Å². The molecule has 2 aromatic rings. The van der Waals surface area contributed by atoms with Crippen LogP contribution < -0.4 is 9.75 Å². The van der Waals surface area contributed by atoms with E-state index < -0.39 is 29.1 Å². The molecule has 0 saturated carbocycles. The minimum atomic E-state index is -1.65. The number of pyridine rings is 1. The molecule has 9 nitrogen and oxygen atoms in total. The largest absolute Gasteiger partial charge is 0.461 e. The second kappa shape index (κ2) is 10.6. The fraction of sp³-hybridized carbons (Fsp3) is 0.615. The molecule has 2 aromatic heterocycles. The Morgan fingerprint density at radius 3 is 2.64 bits per heavy atom. The quantitative estimate of drug-likeness (QED) is 0.433. The molecule has 0 aliphatic carbocycles. The van der Waals surface area contributed by atoms with Gasteiger partial charge < -0.3 is 9.47 Å². The molecule has 0 bridgehead atoms. The van der Waals surface area contributed by atoms with E-state index in [1.807, 2.05) is 4.90 Å². The number of fused-ring (bicyclic) bond motifs is 2. The summed E-state index contributed by atoms with van der Waals surface area (Å²) in [5.41, 5.74) is -1.32. The third-order valence-electron chi connectivity index (χ3n) is 7.38. The van der Waals surface area contributed by atoms with Crippen molar-refractivity contribution in [3.05, 3.63) is 28.8 Å². The van der Waals surface area contributed by atoms with Crippen molar-refractivity contribution in [2.24, 2.45) is 0 Å². The Balaban J connectivity index is 1.53. The number of anilines is 1. The summed E-state index contributed by atoms with van der Waals surface area (Å²) >= 11 is 5.99. The number of aromatic nitrogens is 3. The van der Waals surface area contributed by atoms with Crippen molar-refractivity contribution in [1.82, 2.24) is 24.9 Å². The molecule has 212 valence electrons. The third kappa shape index (κ3) is 5.58. The maximum atomic E-state index is 15.2. The van der Waals surface area contributed by atoms with E-state index in [1.165, 1.54) is 11.2 Å². The first-order chi connectivity index (χ1) is 18.5. The fourth-order valence-electron chi connectivity index (χ4n) is 5.59. The summed E-state index contributed by atoms with van der Waals surface area (Å²) in [5.74, 6) is -0.610. The molecule has 0 spiro atoms. The summed E-state index contributed by atoms with van der Waals surface area (Å²) in [6.45, 7) is 7.09. The maximum Gasteiger partial charge on any atom is 0.429 e. The zero-order chi connectivity index (χ0) is 27.9. The molecule has 0 radical (unpaired) electrons. The van der Waals surface area contributed by atoms with Gasteiger partial charge in [-0.25, -0.2) is 19.2 Å². The van der Waals surface area contributed by atoms with Crippen molar-refractivity contribution in [1.29, 1.82) is 0 Å². The Kier molecular flexibility index (Phi) is 7.53. The highest BCUT2D eigenvalue weighted by Crippen LogP contribution is 2.43. The predicted molar refractivity (Wildman–Crippen MR) is 139 cm³/mol. The van der Waals surface area contributed by atoms with Crippen LogP contribution in [0.2, 0.25) is 5.15 Å². The molecule has 13 heteroatoms. The van der Waals surface area contributed by atoms with Crippen LogP contribution in [0.4, 0.5) is 23.8 Å². The van der Waals surface area contributed by atoms with Gasteiger partial charge in [-0.15, -0.1) is 0 Å². The summed E-state index contributed by atoms with van der Waals surface area (Å²) in [6, 6.07) is -0.133. The van der Waals surface area contributed by atoms with Gasteiger partial charge in [0.15, 0.2) is 16.8 Å². The number of ether oxygens (including phenoxy) is 2. The van der Waals surface area contributed by atoms with E-state index in [0.717, 1.165) is 25.7 Å². The molecule has 39 heavy (non-hydrogen) atoms. The van der Waals surface area contributed by atoms with Crippen molar-refractivity contribution >= 4 is 34.4 Å². The topological polar surface area (TPSA) is 83.9 Å². The van der Waals surface area contributed by atoms with Gasteiger partial charge in [-0.2, -0.15) is 18.7 Å². The molecule has 0 aromatic carbocycles. The van der Waals surface area contributed by atoms with Crippen LogP contribution in [0.1, 0.15) is 59.3 Å². The van der Waals surface area contributed by atoms with Gasteiger partial charge in [0.1, 0.15) is 17.7 Å². The highest BCUT2D eigenvalue weighted by atomic mass is 35.5. The molecule has 5 heterocycles. The van der Waals surface area contributed by atoms with Crippen molar-refractivity contribution in [3.8, 4) is 6.01 Å². The molecule has 1 unspecified atom stereocenters. The number of hydrazine groups is 1. The van der Waals surface area contributed by atoms with Gasteiger partial charge in [0.2, 0.25) is 0 Å². The normalized spacial score (nSPS) is 22.3. The highest BCUT2D eigenvalue weighted by Gasteiger charge is 2.48. The second-order valence-electron chi connectivity index (χ2n) is 11.3. The first-order valence-corrected chi connectivity index (χ1v) is 13.6. The molecule has 1 atom stereocenters. The van der Waals surface area contributed by atoms with Gasteiger partial charge in [-0.1, -0.05) is 11.6 Å². The number of hydrogen-bond acceptors (Lipinski definition) is 8. The Morgan fingerprint density at radius 2 is 1.90 bits per heavy atom. The number of carbonyl (C=O) groups is 1. The van der Waals surface area contributed by atoms with Crippen LogP contribution in [0.15, 0.2) is 17.9 Å². The molecular weight excluding hydrogens is 537 g/mol. The van der Waals surface area contributed by atoms with Crippen molar-refractivity contribution < 1.29 is 27.4 Å². The molecule has 0 N–H and O–H groups in total. The van der Waals surface area contributed by atoms with Crippen LogP contribution in [-0.2, 0) is 4.74 Å². The minimum absolute atomic E-state index is 0.0605. The summed E-state index contributed by atoms with van der Waals surface area (Å²) in [4.78, 5) is 28.1. The lowest BCUT2D eigenvalue weighted by molar-refractivity contribution is 0.0232. The Bertz CT molecular complexity index is 1300. The molecule has 3 fully saturated rings. The van der Waals surface area contributed by atoms with Crippen LogP contribution in [0.25, 0.3) is 10.9 Å². The average molecular weight is 569 g/mol. The van der Waals surface area contributed by atoms with E-state index in [2.05, 4.69) is 15.0 Å². The number of carbonyl (C=O) groups excluding carboxylic acids is 1. The smallest absolute Gasteiger partial charge is 0.429 e. The highest BCUT2D eigenvalue weighted by molar-refractivity contribution is 6.30. The molecule has 5 rings (SSSR count). The van der Waals surface area contributed by atoms with E-state index in [4.69, 9.17) is 21.1 Å². The lowest BCUT2D eigenvalue weighted by atomic mass is 9.94. The molecule has 3 aliphatic heterocycles. The molecule has 3 saturated heterocycles. The van der Waals surface area contributed by atoms with Crippen LogP contribution in [-0.4, -0.2) is 74.9 Å². The van der Waals surface area contributed by atoms with Gasteiger partial charge in [0.05, 0.1) is 10.9 Å². The zero-order valence-electron chi connectivity index (χ0n) is 22.3. The predicted octanol–water partition coefficient (Wildman–Crippen LogP) is 5.73. The van der Waals surface area contributed by atoms with Crippen molar-refractivity contribution in [2.75, 3.05) is 37.8 Å². The number of rotatable bonds is 4. The van der Waals surface area contributed by atoms with Crippen molar-refractivity contribution in [3.63, 3.8) is 0 Å². The Morgan fingerprint density at radius 1 is 1.13 bits per heavy atom. The van der Waals surface area contributed by atoms with Crippen LogP contribution in [0, 0.1) is 5.82 Å². The third-order valence-corrected chi connectivity index (χ3v) is 7.65. The molecular formula is C26H32ClF3N6O3. The van der Waals surface area contributed by atoms with Gasteiger partial charge in [-0.3, -0.25) is 9.91 Å². The van der Waals surface area contributed by atoms with E-state index in [1.54, 1.807) is 25.8 Å². The molecule has 1 amide bonds. The zero-order valence-corrected chi connectivity index (χ0v) is 23.0. The lowest BCUT2D eigenvalue weighted by Gasteiger charge is -2.36. The first kappa shape index (κ1) is 27.7. The monoisotopic (exact) mass is 568 g/mol. The Hall–Kier alpha value is -2.86.